The maximum Gasteiger partial charge on any atom is 0.267 e. The van der Waals surface area contributed by atoms with E-state index < -0.39 is 0 Å². The second-order valence-corrected chi connectivity index (χ2v) is 6.85. The molecule has 2 aromatic carbocycles. The first-order valence-corrected chi connectivity index (χ1v) is 9.09. The van der Waals surface area contributed by atoms with Gasteiger partial charge < -0.3 is 4.74 Å². The lowest BCUT2D eigenvalue weighted by Gasteiger charge is -2.13. The number of hydrogen-bond donors (Lipinski definition) is 1. The molecule has 4 aromatic rings. The van der Waals surface area contributed by atoms with Gasteiger partial charge in [-0.2, -0.15) is 5.10 Å². The summed E-state index contributed by atoms with van der Waals surface area (Å²) in [6.45, 7) is 12.9. The molecule has 2 aromatic heterocycles. The van der Waals surface area contributed by atoms with Crippen LogP contribution >= 0.6 is 0 Å². The number of hydrogen-bond acceptors (Lipinski definition) is 4. The van der Waals surface area contributed by atoms with E-state index in [1.165, 1.54) is 0 Å². The van der Waals surface area contributed by atoms with Crippen molar-refractivity contribution in [2.45, 2.75) is 20.8 Å². The van der Waals surface area contributed by atoms with Crippen LogP contribution in [0, 0.1) is 27.3 Å². The SMILES string of the molecule is [C-]#[N+]c1ccc2ccnc(Oc3ccc(-c4c(C)n[nH]c(=O)c4C)c(C)c3)c2c1. The Balaban J connectivity index is 1.76. The van der Waals surface area contributed by atoms with E-state index in [0.717, 1.165) is 33.2 Å². The summed E-state index contributed by atoms with van der Waals surface area (Å²) in [6.07, 6.45) is 1.69. The van der Waals surface area contributed by atoms with Gasteiger partial charge in [-0.05, 0) is 61.5 Å². The number of benzene rings is 2. The fraction of sp³-hybridized carbons (Fsp3) is 0.130. The van der Waals surface area contributed by atoms with Crippen LogP contribution in [0.25, 0.3) is 26.7 Å². The Hall–Kier alpha value is -3.98. The van der Waals surface area contributed by atoms with Crippen LogP contribution in [0.15, 0.2) is 53.5 Å². The van der Waals surface area contributed by atoms with Crippen molar-refractivity contribution in [3.63, 3.8) is 0 Å². The number of nitrogens with zero attached hydrogens (tertiary/aromatic N) is 3. The molecule has 6 nitrogen and oxygen atoms in total. The molecule has 4 rings (SSSR count). The van der Waals surface area contributed by atoms with Gasteiger partial charge in [-0.1, -0.05) is 18.2 Å². The summed E-state index contributed by atoms with van der Waals surface area (Å²) in [5, 5.41) is 8.34. The van der Waals surface area contributed by atoms with Crippen molar-refractivity contribution in [1.29, 1.82) is 0 Å². The number of pyridine rings is 1. The van der Waals surface area contributed by atoms with Crippen LogP contribution in [-0.2, 0) is 0 Å². The Morgan fingerprint density at radius 1 is 1.07 bits per heavy atom. The Bertz CT molecular complexity index is 1350. The van der Waals surface area contributed by atoms with Crippen LogP contribution in [0.2, 0.25) is 0 Å². The lowest BCUT2D eigenvalue weighted by atomic mass is 9.96. The number of aromatic nitrogens is 3. The van der Waals surface area contributed by atoms with Gasteiger partial charge in [0.15, 0.2) is 5.69 Å². The minimum atomic E-state index is -0.194. The number of nitrogens with one attached hydrogen (secondary N) is 1. The number of rotatable bonds is 3. The Kier molecular flexibility index (Phi) is 4.57. The molecule has 0 saturated carbocycles. The lowest BCUT2D eigenvalue weighted by molar-refractivity contribution is 0.469. The zero-order valence-electron chi connectivity index (χ0n) is 16.3. The fourth-order valence-corrected chi connectivity index (χ4v) is 3.43. The van der Waals surface area contributed by atoms with Crippen LogP contribution in [-0.4, -0.2) is 15.2 Å². The average Bonchev–Trinajstić information content (AvgIpc) is 2.72. The molecule has 6 heteroatoms. The molecule has 0 aliphatic heterocycles. The number of aromatic amines is 1. The van der Waals surface area contributed by atoms with Gasteiger partial charge in [-0.3, -0.25) is 4.79 Å². The monoisotopic (exact) mass is 382 g/mol. The van der Waals surface area contributed by atoms with Gasteiger partial charge in [0.25, 0.3) is 5.56 Å². The molecular weight excluding hydrogens is 364 g/mol. The van der Waals surface area contributed by atoms with Gasteiger partial charge in [0.05, 0.1) is 12.3 Å². The van der Waals surface area contributed by atoms with Crippen molar-refractivity contribution in [3.05, 3.63) is 87.3 Å². The molecule has 0 aliphatic carbocycles. The van der Waals surface area contributed by atoms with Gasteiger partial charge in [-0.25, -0.2) is 14.9 Å². The van der Waals surface area contributed by atoms with Gasteiger partial charge in [-0.15, -0.1) is 0 Å². The first-order chi connectivity index (χ1) is 14.0. The van der Waals surface area contributed by atoms with E-state index in [4.69, 9.17) is 11.3 Å². The molecule has 0 unspecified atom stereocenters. The molecule has 0 fully saturated rings. The minimum Gasteiger partial charge on any atom is -0.438 e. The number of H-pyrrole nitrogens is 1. The predicted molar refractivity (Wildman–Crippen MR) is 113 cm³/mol. The molecular formula is C23H18N4O2. The van der Waals surface area contributed by atoms with Crippen molar-refractivity contribution in [3.8, 4) is 22.8 Å². The summed E-state index contributed by atoms with van der Waals surface area (Å²) in [7, 11) is 0. The summed E-state index contributed by atoms with van der Waals surface area (Å²) in [6, 6.07) is 13.0. The maximum atomic E-state index is 12.0. The van der Waals surface area contributed by atoms with Crippen LogP contribution < -0.4 is 10.3 Å². The summed E-state index contributed by atoms with van der Waals surface area (Å²) >= 11 is 0. The molecule has 0 radical (unpaired) electrons. The Morgan fingerprint density at radius 3 is 2.66 bits per heavy atom. The molecule has 2 heterocycles. The lowest BCUT2D eigenvalue weighted by Crippen LogP contribution is -2.14. The van der Waals surface area contributed by atoms with E-state index in [0.29, 0.717) is 22.9 Å². The molecule has 0 amide bonds. The molecule has 0 saturated heterocycles. The van der Waals surface area contributed by atoms with Crippen molar-refractivity contribution < 1.29 is 4.74 Å². The zero-order valence-corrected chi connectivity index (χ0v) is 16.3. The van der Waals surface area contributed by atoms with Crippen LogP contribution in [0.4, 0.5) is 5.69 Å². The summed E-state index contributed by atoms with van der Waals surface area (Å²) in [4.78, 5) is 19.8. The fourth-order valence-electron chi connectivity index (χ4n) is 3.43. The highest BCUT2D eigenvalue weighted by Crippen LogP contribution is 2.34. The van der Waals surface area contributed by atoms with E-state index in [1.807, 2.05) is 44.2 Å². The summed E-state index contributed by atoms with van der Waals surface area (Å²) < 4.78 is 6.05. The topological polar surface area (TPSA) is 72.2 Å². The second-order valence-electron chi connectivity index (χ2n) is 6.85. The molecule has 1 N–H and O–H groups in total. The number of aryl methyl sites for hydroxylation is 2. The average molecular weight is 382 g/mol. The minimum absolute atomic E-state index is 0.194. The van der Waals surface area contributed by atoms with Crippen LogP contribution in [0.3, 0.4) is 0 Å². The van der Waals surface area contributed by atoms with E-state index in [1.54, 1.807) is 25.3 Å². The van der Waals surface area contributed by atoms with Crippen LogP contribution in [0.1, 0.15) is 16.8 Å². The largest absolute Gasteiger partial charge is 0.438 e. The molecule has 142 valence electrons. The first-order valence-electron chi connectivity index (χ1n) is 9.09. The number of ether oxygens (including phenoxy) is 1. The smallest absolute Gasteiger partial charge is 0.267 e. The van der Waals surface area contributed by atoms with Crippen LogP contribution in [0.5, 0.6) is 11.6 Å². The predicted octanol–water partition coefficient (Wildman–Crippen LogP) is 5.25. The van der Waals surface area contributed by atoms with Gasteiger partial charge in [0.1, 0.15) is 5.75 Å². The third-order valence-electron chi connectivity index (χ3n) is 4.93. The standard InChI is InChI=1S/C23H18N4O2/c1-13-11-18(7-8-19(13)21-14(2)22(28)27-26-15(21)3)29-23-20-12-17(24-4)6-5-16(20)9-10-25-23/h5-12H,1-3H3,(H,27,28). The van der Waals surface area contributed by atoms with E-state index >= 15 is 0 Å². The van der Waals surface area contributed by atoms with Crippen molar-refractivity contribution in [1.82, 2.24) is 15.2 Å². The quantitative estimate of drug-likeness (QED) is 0.491. The molecule has 0 spiro atoms. The third-order valence-corrected chi connectivity index (χ3v) is 4.93. The highest BCUT2D eigenvalue weighted by atomic mass is 16.5. The van der Waals surface area contributed by atoms with E-state index in [9.17, 15) is 4.79 Å². The number of fused-ring (bicyclic) bond motifs is 1. The van der Waals surface area contributed by atoms with Gasteiger partial charge in [0, 0.05) is 22.7 Å². The molecule has 0 atom stereocenters. The molecule has 29 heavy (non-hydrogen) atoms. The van der Waals surface area contributed by atoms with Crippen molar-refractivity contribution in [2.24, 2.45) is 0 Å². The second kappa shape index (κ2) is 7.21. The Labute approximate surface area is 167 Å². The van der Waals surface area contributed by atoms with E-state index in [-0.39, 0.29) is 5.56 Å². The third kappa shape index (κ3) is 3.34. The normalized spacial score (nSPS) is 10.7. The van der Waals surface area contributed by atoms with E-state index in [2.05, 4.69) is 20.0 Å². The highest BCUT2D eigenvalue weighted by Gasteiger charge is 2.14. The highest BCUT2D eigenvalue weighted by molar-refractivity contribution is 5.90. The van der Waals surface area contributed by atoms with Crippen molar-refractivity contribution >= 4 is 16.5 Å². The summed E-state index contributed by atoms with van der Waals surface area (Å²) in [5.74, 6) is 1.08. The Morgan fingerprint density at radius 2 is 1.90 bits per heavy atom. The maximum absolute atomic E-state index is 12.0. The molecule has 0 bridgehead atoms. The van der Waals surface area contributed by atoms with Gasteiger partial charge in [0.2, 0.25) is 5.88 Å². The molecule has 0 aliphatic rings. The summed E-state index contributed by atoms with van der Waals surface area (Å²) in [5.41, 5.74) is 4.48. The van der Waals surface area contributed by atoms with Gasteiger partial charge >= 0.3 is 0 Å². The first kappa shape index (κ1) is 18.4. The van der Waals surface area contributed by atoms with Crippen molar-refractivity contribution in [2.75, 3.05) is 0 Å². The zero-order chi connectivity index (χ0) is 20.5.